The fourth-order valence-corrected chi connectivity index (χ4v) is 2.61. The van der Waals surface area contributed by atoms with Gasteiger partial charge in [0.05, 0.1) is 13.0 Å². The highest BCUT2D eigenvalue weighted by Gasteiger charge is 2.25. The van der Waals surface area contributed by atoms with E-state index >= 15 is 0 Å². The van der Waals surface area contributed by atoms with Crippen LogP contribution in [0, 0.1) is 5.92 Å². The van der Waals surface area contributed by atoms with Crippen LogP contribution in [-0.4, -0.2) is 19.6 Å². The van der Waals surface area contributed by atoms with Crippen LogP contribution in [0.3, 0.4) is 0 Å². The maximum absolute atomic E-state index is 12.3. The lowest BCUT2D eigenvalue weighted by Crippen LogP contribution is -2.37. The Hall–Kier alpha value is -2.49. The number of carbonyl (C=O) groups is 1. The summed E-state index contributed by atoms with van der Waals surface area (Å²) in [6.45, 7) is 0.926. The Kier molecular flexibility index (Phi) is 4.28. The van der Waals surface area contributed by atoms with Gasteiger partial charge in [-0.25, -0.2) is 0 Å². The number of benzene rings is 2. The summed E-state index contributed by atoms with van der Waals surface area (Å²) < 4.78 is 10.8. The van der Waals surface area contributed by atoms with E-state index in [-0.39, 0.29) is 11.8 Å². The SMILES string of the molecule is COc1cccc(CNC(=O)C2COc3ccccc3C2)c1. The molecule has 2 aromatic rings. The highest BCUT2D eigenvalue weighted by atomic mass is 16.5. The predicted octanol–water partition coefficient (Wildman–Crippen LogP) is 2.56. The van der Waals surface area contributed by atoms with Crippen LogP contribution in [0.25, 0.3) is 0 Å². The first-order valence-electron chi connectivity index (χ1n) is 7.37. The molecule has 1 unspecified atom stereocenters. The molecule has 0 radical (unpaired) electrons. The molecule has 1 amide bonds. The molecule has 1 aliphatic rings. The fraction of sp³-hybridized carbons (Fsp3) is 0.278. The number of methoxy groups -OCH3 is 1. The molecule has 22 heavy (non-hydrogen) atoms. The van der Waals surface area contributed by atoms with Gasteiger partial charge in [0.25, 0.3) is 0 Å². The summed E-state index contributed by atoms with van der Waals surface area (Å²) in [4.78, 5) is 12.3. The number of para-hydroxylation sites is 1. The van der Waals surface area contributed by atoms with Gasteiger partial charge in [0.2, 0.25) is 5.91 Å². The lowest BCUT2D eigenvalue weighted by Gasteiger charge is -2.24. The van der Waals surface area contributed by atoms with E-state index in [9.17, 15) is 4.79 Å². The van der Waals surface area contributed by atoms with Crippen LogP contribution in [-0.2, 0) is 17.8 Å². The average Bonchev–Trinajstić information content (AvgIpc) is 2.59. The Morgan fingerprint density at radius 2 is 2.14 bits per heavy atom. The van der Waals surface area contributed by atoms with Gasteiger partial charge < -0.3 is 14.8 Å². The molecular weight excluding hydrogens is 278 g/mol. The Balaban J connectivity index is 1.59. The maximum atomic E-state index is 12.3. The monoisotopic (exact) mass is 297 g/mol. The molecule has 1 atom stereocenters. The van der Waals surface area contributed by atoms with Crippen molar-refractivity contribution in [2.24, 2.45) is 5.92 Å². The molecule has 1 aliphatic heterocycles. The lowest BCUT2D eigenvalue weighted by molar-refractivity contribution is -0.126. The Labute approximate surface area is 130 Å². The first-order valence-corrected chi connectivity index (χ1v) is 7.37. The minimum atomic E-state index is -0.138. The molecule has 1 heterocycles. The molecule has 0 saturated carbocycles. The van der Waals surface area contributed by atoms with Crippen molar-refractivity contribution >= 4 is 5.91 Å². The number of fused-ring (bicyclic) bond motifs is 1. The molecule has 3 rings (SSSR count). The van der Waals surface area contributed by atoms with Crippen molar-refractivity contribution in [3.8, 4) is 11.5 Å². The summed E-state index contributed by atoms with van der Waals surface area (Å²) in [7, 11) is 1.63. The van der Waals surface area contributed by atoms with Crippen LogP contribution in [0.15, 0.2) is 48.5 Å². The van der Waals surface area contributed by atoms with Gasteiger partial charge in [0, 0.05) is 6.54 Å². The second kappa shape index (κ2) is 6.52. The Morgan fingerprint density at radius 3 is 3.00 bits per heavy atom. The number of nitrogens with one attached hydrogen (secondary N) is 1. The molecule has 0 fully saturated rings. The van der Waals surface area contributed by atoms with Gasteiger partial charge in [-0.3, -0.25) is 4.79 Å². The third kappa shape index (κ3) is 3.22. The minimum Gasteiger partial charge on any atom is -0.497 e. The summed E-state index contributed by atoms with van der Waals surface area (Å²) in [6, 6.07) is 15.6. The predicted molar refractivity (Wildman–Crippen MR) is 84.0 cm³/mol. The highest BCUT2D eigenvalue weighted by Crippen LogP contribution is 2.26. The largest absolute Gasteiger partial charge is 0.497 e. The molecule has 0 bridgehead atoms. The summed E-state index contributed by atoms with van der Waals surface area (Å²) >= 11 is 0. The number of ether oxygens (including phenoxy) is 2. The standard InChI is InChI=1S/C18H19NO3/c1-21-16-7-4-5-13(9-16)11-19-18(20)15-10-14-6-2-3-8-17(14)22-12-15/h2-9,15H,10-12H2,1H3,(H,19,20). The fourth-order valence-electron chi connectivity index (χ4n) is 2.61. The molecule has 0 aromatic heterocycles. The molecule has 114 valence electrons. The van der Waals surface area contributed by atoms with Crippen molar-refractivity contribution in [1.82, 2.24) is 5.32 Å². The van der Waals surface area contributed by atoms with E-state index in [2.05, 4.69) is 5.32 Å². The molecule has 0 saturated heterocycles. The first-order chi connectivity index (χ1) is 10.8. The molecule has 0 spiro atoms. The van der Waals surface area contributed by atoms with Crippen LogP contribution < -0.4 is 14.8 Å². The van der Waals surface area contributed by atoms with Crippen LogP contribution in [0.5, 0.6) is 11.5 Å². The normalized spacial score (nSPS) is 16.3. The van der Waals surface area contributed by atoms with Crippen molar-refractivity contribution < 1.29 is 14.3 Å². The van der Waals surface area contributed by atoms with E-state index in [1.165, 1.54) is 0 Å². The number of amides is 1. The van der Waals surface area contributed by atoms with E-state index in [0.29, 0.717) is 13.2 Å². The van der Waals surface area contributed by atoms with Gasteiger partial charge in [-0.15, -0.1) is 0 Å². The quantitative estimate of drug-likeness (QED) is 0.943. The van der Waals surface area contributed by atoms with Gasteiger partial charge in [-0.2, -0.15) is 0 Å². The third-order valence-electron chi connectivity index (χ3n) is 3.85. The highest BCUT2D eigenvalue weighted by molar-refractivity contribution is 5.79. The Morgan fingerprint density at radius 1 is 1.27 bits per heavy atom. The number of rotatable bonds is 4. The minimum absolute atomic E-state index is 0.0253. The first kappa shape index (κ1) is 14.4. The molecule has 4 heteroatoms. The summed E-state index contributed by atoms with van der Waals surface area (Å²) in [5, 5.41) is 2.98. The summed E-state index contributed by atoms with van der Waals surface area (Å²) in [5.74, 6) is 1.57. The average molecular weight is 297 g/mol. The second-order valence-electron chi connectivity index (χ2n) is 5.39. The van der Waals surface area contributed by atoms with Crippen LogP contribution in [0.2, 0.25) is 0 Å². The van der Waals surface area contributed by atoms with E-state index in [1.54, 1.807) is 7.11 Å². The molecular formula is C18H19NO3. The van der Waals surface area contributed by atoms with Crippen LogP contribution >= 0.6 is 0 Å². The zero-order valence-corrected chi connectivity index (χ0v) is 12.5. The van der Waals surface area contributed by atoms with Gasteiger partial charge in [-0.05, 0) is 35.7 Å². The van der Waals surface area contributed by atoms with Crippen LogP contribution in [0.1, 0.15) is 11.1 Å². The zero-order valence-electron chi connectivity index (χ0n) is 12.5. The van der Waals surface area contributed by atoms with Gasteiger partial charge >= 0.3 is 0 Å². The smallest absolute Gasteiger partial charge is 0.227 e. The van der Waals surface area contributed by atoms with Crippen LogP contribution in [0.4, 0.5) is 0 Å². The lowest BCUT2D eigenvalue weighted by atomic mass is 9.96. The van der Waals surface area contributed by atoms with E-state index in [1.807, 2.05) is 48.5 Å². The topological polar surface area (TPSA) is 47.6 Å². The van der Waals surface area contributed by atoms with E-state index in [4.69, 9.17) is 9.47 Å². The van der Waals surface area contributed by atoms with E-state index in [0.717, 1.165) is 29.0 Å². The summed E-state index contributed by atoms with van der Waals surface area (Å²) in [6.07, 6.45) is 0.722. The second-order valence-corrected chi connectivity index (χ2v) is 5.39. The maximum Gasteiger partial charge on any atom is 0.227 e. The third-order valence-corrected chi connectivity index (χ3v) is 3.85. The van der Waals surface area contributed by atoms with Gasteiger partial charge in [0.1, 0.15) is 18.1 Å². The van der Waals surface area contributed by atoms with Gasteiger partial charge in [0.15, 0.2) is 0 Å². The van der Waals surface area contributed by atoms with Gasteiger partial charge in [-0.1, -0.05) is 30.3 Å². The van der Waals surface area contributed by atoms with Crippen molar-refractivity contribution in [2.75, 3.05) is 13.7 Å². The van der Waals surface area contributed by atoms with Crippen molar-refractivity contribution in [3.63, 3.8) is 0 Å². The molecule has 4 nitrogen and oxygen atoms in total. The number of carbonyl (C=O) groups excluding carboxylic acids is 1. The number of hydrogen-bond acceptors (Lipinski definition) is 3. The molecule has 1 N–H and O–H groups in total. The molecule has 2 aromatic carbocycles. The van der Waals surface area contributed by atoms with Crippen molar-refractivity contribution in [3.05, 3.63) is 59.7 Å². The summed E-state index contributed by atoms with van der Waals surface area (Å²) in [5.41, 5.74) is 2.11. The van der Waals surface area contributed by atoms with Crippen molar-refractivity contribution in [2.45, 2.75) is 13.0 Å². The van der Waals surface area contributed by atoms with Crippen molar-refractivity contribution in [1.29, 1.82) is 0 Å². The molecule has 0 aliphatic carbocycles. The number of hydrogen-bond donors (Lipinski definition) is 1. The van der Waals surface area contributed by atoms with E-state index < -0.39 is 0 Å². The Bertz CT molecular complexity index is 669. The zero-order chi connectivity index (χ0) is 15.4.